The number of nitrogens with one attached hydrogen (secondary N) is 1. The standard InChI is InChI=1S/C13H11BrN2O2.ClH/c14-8-5-6-12(17)11(7-8)16-13(18)9-3-1-2-4-10(9)15;/h1-7,17H,15H2,(H,16,18);1H. The van der Waals surface area contributed by atoms with Crippen LogP contribution in [0.4, 0.5) is 11.4 Å². The Labute approximate surface area is 125 Å². The van der Waals surface area contributed by atoms with Crippen molar-refractivity contribution in [3.05, 3.63) is 52.5 Å². The highest BCUT2D eigenvalue weighted by Crippen LogP contribution is 2.27. The first kappa shape index (κ1) is 15.3. The van der Waals surface area contributed by atoms with Crippen molar-refractivity contribution in [2.24, 2.45) is 0 Å². The van der Waals surface area contributed by atoms with E-state index in [1.165, 1.54) is 6.07 Å². The summed E-state index contributed by atoms with van der Waals surface area (Å²) in [6.45, 7) is 0. The summed E-state index contributed by atoms with van der Waals surface area (Å²) >= 11 is 3.27. The van der Waals surface area contributed by atoms with Crippen LogP contribution in [0, 0.1) is 0 Å². The third kappa shape index (κ3) is 3.62. The minimum absolute atomic E-state index is 0. The number of benzene rings is 2. The molecule has 0 aliphatic heterocycles. The van der Waals surface area contributed by atoms with E-state index < -0.39 is 0 Å². The summed E-state index contributed by atoms with van der Waals surface area (Å²) in [6, 6.07) is 11.5. The number of phenolic OH excluding ortho intramolecular Hbond substituents is 1. The van der Waals surface area contributed by atoms with Crippen LogP contribution in [0.3, 0.4) is 0 Å². The zero-order valence-electron chi connectivity index (χ0n) is 9.76. The Kier molecular flexibility index (Phi) is 5.20. The molecule has 0 aromatic heterocycles. The summed E-state index contributed by atoms with van der Waals surface area (Å²) in [5.41, 5.74) is 6.81. The molecule has 4 N–H and O–H groups in total. The van der Waals surface area contributed by atoms with Crippen molar-refractivity contribution in [2.75, 3.05) is 11.1 Å². The second kappa shape index (κ2) is 6.45. The SMILES string of the molecule is Cl.Nc1ccccc1C(=O)Nc1cc(Br)ccc1O. The molecule has 19 heavy (non-hydrogen) atoms. The average molecular weight is 344 g/mol. The van der Waals surface area contributed by atoms with Crippen LogP contribution in [0.5, 0.6) is 5.75 Å². The van der Waals surface area contributed by atoms with Gasteiger partial charge in [0, 0.05) is 10.2 Å². The van der Waals surface area contributed by atoms with Crippen LogP contribution in [-0.2, 0) is 0 Å². The summed E-state index contributed by atoms with van der Waals surface area (Å²) in [7, 11) is 0. The van der Waals surface area contributed by atoms with Crippen molar-refractivity contribution in [2.45, 2.75) is 0 Å². The molecular weight excluding hydrogens is 332 g/mol. The van der Waals surface area contributed by atoms with Crippen molar-refractivity contribution in [1.29, 1.82) is 0 Å². The van der Waals surface area contributed by atoms with Gasteiger partial charge in [-0.1, -0.05) is 28.1 Å². The normalized spacial score (nSPS) is 9.53. The van der Waals surface area contributed by atoms with E-state index in [1.807, 2.05) is 0 Å². The van der Waals surface area contributed by atoms with Gasteiger partial charge in [-0.05, 0) is 30.3 Å². The zero-order valence-corrected chi connectivity index (χ0v) is 12.2. The van der Waals surface area contributed by atoms with Crippen LogP contribution in [0.25, 0.3) is 0 Å². The molecule has 0 saturated heterocycles. The van der Waals surface area contributed by atoms with Crippen molar-refractivity contribution in [3.8, 4) is 5.75 Å². The lowest BCUT2D eigenvalue weighted by Gasteiger charge is -2.09. The lowest BCUT2D eigenvalue weighted by molar-refractivity contribution is 0.102. The topological polar surface area (TPSA) is 75.4 Å². The molecule has 0 spiro atoms. The lowest BCUT2D eigenvalue weighted by atomic mass is 10.1. The molecule has 100 valence electrons. The van der Waals surface area contributed by atoms with Crippen LogP contribution < -0.4 is 11.1 Å². The minimum Gasteiger partial charge on any atom is -0.506 e. The van der Waals surface area contributed by atoms with E-state index in [-0.39, 0.29) is 24.1 Å². The van der Waals surface area contributed by atoms with Gasteiger partial charge in [0.2, 0.25) is 0 Å². The number of nitrogens with two attached hydrogens (primary N) is 1. The molecule has 0 bridgehead atoms. The summed E-state index contributed by atoms with van der Waals surface area (Å²) in [5.74, 6) is -0.359. The van der Waals surface area contributed by atoms with Crippen molar-refractivity contribution in [1.82, 2.24) is 0 Å². The molecule has 2 rings (SSSR count). The number of carbonyl (C=O) groups excluding carboxylic acids is 1. The smallest absolute Gasteiger partial charge is 0.257 e. The molecule has 0 atom stereocenters. The maximum atomic E-state index is 12.0. The fraction of sp³-hybridized carbons (Fsp3) is 0. The maximum absolute atomic E-state index is 12.0. The molecule has 0 heterocycles. The Bertz CT molecular complexity index is 605. The second-order valence-corrected chi connectivity index (χ2v) is 4.62. The summed E-state index contributed by atoms with van der Waals surface area (Å²) < 4.78 is 0.761. The maximum Gasteiger partial charge on any atom is 0.257 e. The first-order valence-electron chi connectivity index (χ1n) is 5.22. The van der Waals surface area contributed by atoms with Crippen LogP contribution in [0.1, 0.15) is 10.4 Å². The van der Waals surface area contributed by atoms with Gasteiger partial charge >= 0.3 is 0 Å². The Morgan fingerprint density at radius 2 is 1.89 bits per heavy atom. The Morgan fingerprint density at radius 1 is 1.21 bits per heavy atom. The molecule has 0 aliphatic rings. The van der Waals surface area contributed by atoms with Gasteiger partial charge in [0.15, 0.2) is 0 Å². The summed E-state index contributed by atoms with van der Waals surface area (Å²) in [4.78, 5) is 12.0. The van der Waals surface area contributed by atoms with Crippen LogP contribution in [0.15, 0.2) is 46.9 Å². The number of rotatable bonds is 2. The van der Waals surface area contributed by atoms with Crippen LogP contribution in [0.2, 0.25) is 0 Å². The zero-order chi connectivity index (χ0) is 13.1. The van der Waals surface area contributed by atoms with Crippen molar-refractivity contribution < 1.29 is 9.90 Å². The number of para-hydroxylation sites is 1. The highest BCUT2D eigenvalue weighted by Gasteiger charge is 2.11. The number of carbonyl (C=O) groups is 1. The number of halogens is 2. The summed E-state index contributed by atoms with van der Waals surface area (Å²) in [5, 5.41) is 12.2. The van der Waals surface area contributed by atoms with E-state index >= 15 is 0 Å². The molecule has 4 nitrogen and oxygen atoms in total. The highest BCUT2D eigenvalue weighted by atomic mass is 79.9. The van der Waals surface area contributed by atoms with Crippen LogP contribution >= 0.6 is 28.3 Å². The van der Waals surface area contributed by atoms with Gasteiger partial charge in [-0.25, -0.2) is 0 Å². The van der Waals surface area contributed by atoms with E-state index in [0.717, 1.165) is 4.47 Å². The molecule has 2 aromatic carbocycles. The molecule has 1 amide bonds. The molecule has 6 heteroatoms. The van der Waals surface area contributed by atoms with Gasteiger partial charge in [-0.15, -0.1) is 12.4 Å². The average Bonchev–Trinajstić information content (AvgIpc) is 2.34. The molecule has 2 aromatic rings. The first-order valence-corrected chi connectivity index (χ1v) is 6.01. The Hall–Kier alpha value is -1.72. The molecular formula is C13H12BrClN2O2. The van der Waals surface area contributed by atoms with E-state index in [4.69, 9.17) is 5.73 Å². The molecule has 0 saturated carbocycles. The lowest BCUT2D eigenvalue weighted by Crippen LogP contribution is -2.13. The third-order valence-electron chi connectivity index (χ3n) is 2.41. The quantitative estimate of drug-likeness (QED) is 0.578. The number of hydrogen-bond acceptors (Lipinski definition) is 3. The van der Waals surface area contributed by atoms with Crippen molar-refractivity contribution >= 4 is 45.6 Å². The monoisotopic (exact) mass is 342 g/mol. The number of phenols is 1. The van der Waals surface area contributed by atoms with E-state index in [1.54, 1.807) is 36.4 Å². The van der Waals surface area contributed by atoms with Gasteiger partial charge in [0.25, 0.3) is 5.91 Å². The fourth-order valence-corrected chi connectivity index (χ4v) is 1.86. The third-order valence-corrected chi connectivity index (χ3v) is 2.91. The largest absolute Gasteiger partial charge is 0.506 e. The number of anilines is 2. The van der Waals surface area contributed by atoms with E-state index in [2.05, 4.69) is 21.2 Å². The number of hydrogen-bond donors (Lipinski definition) is 3. The molecule has 0 aliphatic carbocycles. The van der Waals surface area contributed by atoms with Gasteiger partial charge in [-0.3, -0.25) is 4.79 Å². The first-order chi connectivity index (χ1) is 8.58. The molecule has 0 unspecified atom stereocenters. The molecule has 0 radical (unpaired) electrons. The van der Waals surface area contributed by atoms with Gasteiger partial charge in [-0.2, -0.15) is 0 Å². The van der Waals surface area contributed by atoms with Gasteiger partial charge < -0.3 is 16.2 Å². The van der Waals surface area contributed by atoms with E-state index in [0.29, 0.717) is 16.9 Å². The second-order valence-electron chi connectivity index (χ2n) is 3.70. The summed E-state index contributed by atoms with van der Waals surface area (Å²) in [6.07, 6.45) is 0. The minimum atomic E-state index is -0.360. The van der Waals surface area contributed by atoms with Gasteiger partial charge in [0.05, 0.1) is 11.3 Å². The number of aromatic hydroxyl groups is 1. The van der Waals surface area contributed by atoms with Crippen LogP contribution in [-0.4, -0.2) is 11.0 Å². The predicted molar refractivity (Wildman–Crippen MR) is 81.9 cm³/mol. The van der Waals surface area contributed by atoms with Crippen molar-refractivity contribution in [3.63, 3.8) is 0 Å². The Morgan fingerprint density at radius 3 is 2.58 bits per heavy atom. The molecule has 0 fully saturated rings. The number of nitrogen functional groups attached to an aromatic ring is 1. The fourth-order valence-electron chi connectivity index (χ4n) is 1.50. The van der Waals surface area contributed by atoms with E-state index in [9.17, 15) is 9.90 Å². The Balaban J connectivity index is 0.00000180. The number of amides is 1. The van der Waals surface area contributed by atoms with Gasteiger partial charge in [0.1, 0.15) is 5.75 Å². The highest BCUT2D eigenvalue weighted by molar-refractivity contribution is 9.10. The predicted octanol–water partition coefficient (Wildman–Crippen LogP) is 3.41.